The molecule has 4 nitrogen and oxygen atoms in total. The van der Waals surface area contributed by atoms with Crippen LogP contribution in [0.5, 0.6) is 5.75 Å². The molecule has 0 spiro atoms. The molecule has 1 aromatic carbocycles. The van der Waals surface area contributed by atoms with Gasteiger partial charge in [0, 0.05) is 6.20 Å². The molecule has 0 saturated heterocycles. The lowest BCUT2D eigenvalue weighted by Crippen LogP contribution is -2.36. The maximum absolute atomic E-state index is 12.0. The molecule has 0 fully saturated rings. The topological polar surface area (TPSA) is 51.2 Å². The predicted molar refractivity (Wildman–Crippen MR) is 86.7 cm³/mol. The summed E-state index contributed by atoms with van der Waals surface area (Å²) in [5, 5.41) is 2.82. The van der Waals surface area contributed by atoms with E-state index in [2.05, 4.69) is 24.1 Å². The normalized spacial score (nSPS) is 12.0. The van der Waals surface area contributed by atoms with Crippen molar-refractivity contribution >= 4 is 5.91 Å². The summed E-state index contributed by atoms with van der Waals surface area (Å²) in [5.74, 6) is 1.02. The van der Waals surface area contributed by atoms with Crippen molar-refractivity contribution in [2.45, 2.75) is 39.3 Å². The van der Waals surface area contributed by atoms with Crippen LogP contribution in [-0.4, -0.2) is 17.0 Å². The molecule has 0 unspecified atom stereocenters. The van der Waals surface area contributed by atoms with Gasteiger partial charge in [-0.2, -0.15) is 0 Å². The number of hydrogen-bond donors (Lipinski definition) is 1. The second kappa shape index (κ2) is 7.59. The fraction of sp³-hybridized carbons (Fsp3) is 0.333. The molecule has 116 valence electrons. The van der Waals surface area contributed by atoms with Gasteiger partial charge in [0.1, 0.15) is 5.75 Å². The van der Waals surface area contributed by atoms with Crippen molar-refractivity contribution in [3.63, 3.8) is 0 Å². The zero-order chi connectivity index (χ0) is 15.9. The Labute approximate surface area is 131 Å². The Kier molecular flexibility index (Phi) is 5.53. The summed E-state index contributed by atoms with van der Waals surface area (Å²) < 4.78 is 5.67. The van der Waals surface area contributed by atoms with Gasteiger partial charge in [-0.25, -0.2) is 0 Å². The highest BCUT2D eigenvalue weighted by molar-refractivity contribution is 5.80. The summed E-state index contributed by atoms with van der Waals surface area (Å²) >= 11 is 0. The summed E-state index contributed by atoms with van der Waals surface area (Å²) in [6.07, 6.45) is 1.16. The number of carbonyl (C=O) groups excluding carboxylic acids is 1. The third kappa shape index (κ3) is 4.58. The molecule has 0 radical (unpaired) electrons. The Morgan fingerprint density at radius 3 is 2.45 bits per heavy atom. The molecule has 1 heterocycles. The lowest BCUT2D eigenvalue weighted by atomic mass is 10.0. The summed E-state index contributed by atoms with van der Waals surface area (Å²) in [4.78, 5) is 16.2. The average Bonchev–Trinajstić information content (AvgIpc) is 2.54. The van der Waals surface area contributed by atoms with Gasteiger partial charge in [0.15, 0.2) is 6.10 Å². The minimum atomic E-state index is -0.548. The van der Waals surface area contributed by atoms with Crippen LogP contribution in [0.4, 0.5) is 0 Å². The first-order valence-electron chi connectivity index (χ1n) is 7.50. The molecule has 1 atom stereocenters. The van der Waals surface area contributed by atoms with E-state index in [0.29, 0.717) is 18.2 Å². The number of aromatic nitrogens is 1. The van der Waals surface area contributed by atoms with Gasteiger partial charge in [0.25, 0.3) is 5.91 Å². The first-order valence-corrected chi connectivity index (χ1v) is 7.50. The Balaban J connectivity index is 1.85. The maximum atomic E-state index is 12.0. The standard InChI is InChI=1S/C18H22N2O2/c1-13(2)15-7-9-17(10-8-15)22-14(3)18(21)20-12-16-6-4-5-11-19-16/h4-11,13-14H,12H2,1-3H3,(H,20,21)/t14-/m1/s1. The average molecular weight is 298 g/mol. The van der Waals surface area contributed by atoms with Crippen LogP contribution >= 0.6 is 0 Å². The summed E-state index contributed by atoms with van der Waals surface area (Å²) in [5.41, 5.74) is 2.07. The first-order chi connectivity index (χ1) is 10.6. The van der Waals surface area contributed by atoms with Gasteiger partial charge in [0.05, 0.1) is 12.2 Å². The van der Waals surface area contributed by atoms with E-state index in [4.69, 9.17) is 4.74 Å². The highest BCUT2D eigenvalue weighted by atomic mass is 16.5. The quantitative estimate of drug-likeness (QED) is 0.890. The molecule has 0 bridgehead atoms. The Morgan fingerprint density at radius 1 is 1.14 bits per heavy atom. The SMILES string of the molecule is CC(C)c1ccc(O[C@H](C)C(=O)NCc2ccccn2)cc1. The number of hydrogen-bond acceptors (Lipinski definition) is 3. The molecule has 0 aliphatic heterocycles. The van der Waals surface area contributed by atoms with E-state index in [9.17, 15) is 4.79 Å². The molecule has 22 heavy (non-hydrogen) atoms. The number of nitrogens with one attached hydrogen (secondary N) is 1. The lowest BCUT2D eigenvalue weighted by molar-refractivity contribution is -0.127. The second-order valence-corrected chi connectivity index (χ2v) is 5.52. The minimum absolute atomic E-state index is 0.154. The van der Waals surface area contributed by atoms with Gasteiger partial charge in [0.2, 0.25) is 0 Å². The lowest BCUT2D eigenvalue weighted by Gasteiger charge is -2.15. The van der Waals surface area contributed by atoms with Crippen molar-refractivity contribution in [2.24, 2.45) is 0 Å². The molecular formula is C18H22N2O2. The second-order valence-electron chi connectivity index (χ2n) is 5.52. The van der Waals surface area contributed by atoms with Crippen molar-refractivity contribution in [1.29, 1.82) is 0 Å². The van der Waals surface area contributed by atoms with E-state index >= 15 is 0 Å². The molecule has 0 aliphatic carbocycles. The van der Waals surface area contributed by atoms with Crippen LogP contribution in [0, 0.1) is 0 Å². The third-order valence-electron chi connectivity index (χ3n) is 3.40. The van der Waals surface area contributed by atoms with Gasteiger partial charge in [-0.1, -0.05) is 32.0 Å². The van der Waals surface area contributed by atoms with Crippen molar-refractivity contribution in [1.82, 2.24) is 10.3 Å². The van der Waals surface area contributed by atoms with Crippen LogP contribution in [0.15, 0.2) is 48.7 Å². The van der Waals surface area contributed by atoms with E-state index in [0.717, 1.165) is 5.69 Å². The fourth-order valence-corrected chi connectivity index (χ4v) is 2.01. The van der Waals surface area contributed by atoms with E-state index in [1.807, 2.05) is 42.5 Å². The van der Waals surface area contributed by atoms with Gasteiger partial charge in [-0.3, -0.25) is 9.78 Å². The number of pyridine rings is 1. The smallest absolute Gasteiger partial charge is 0.261 e. The summed E-state index contributed by atoms with van der Waals surface area (Å²) in [6.45, 7) is 6.43. The molecule has 1 amide bonds. The van der Waals surface area contributed by atoms with Crippen molar-refractivity contribution < 1.29 is 9.53 Å². The minimum Gasteiger partial charge on any atom is -0.481 e. The molecule has 0 saturated carbocycles. The fourth-order valence-electron chi connectivity index (χ4n) is 2.01. The van der Waals surface area contributed by atoms with E-state index < -0.39 is 6.10 Å². The molecule has 4 heteroatoms. The Hall–Kier alpha value is -2.36. The highest BCUT2D eigenvalue weighted by Gasteiger charge is 2.14. The van der Waals surface area contributed by atoms with Gasteiger partial charge < -0.3 is 10.1 Å². The molecule has 1 aromatic heterocycles. The van der Waals surface area contributed by atoms with Crippen LogP contribution in [0.25, 0.3) is 0 Å². The molecule has 0 aliphatic rings. The largest absolute Gasteiger partial charge is 0.481 e. The third-order valence-corrected chi connectivity index (χ3v) is 3.40. The van der Waals surface area contributed by atoms with Crippen LogP contribution in [-0.2, 0) is 11.3 Å². The number of benzene rings is 1. The predicted octanol–water partition coefficient (Wildman–Crippen LogP) is 3.29. The molecule has 2 aromatic rings. The van der Waals surface area contributed by atoms with E-state index in [1.165, 1.54) is 5.56 Å². The van der Waals surface area contributed by atoms with Gasteiger partial charge in [-0.05, 0) is 42.7 Å². The number of carbonyl (C=O) groups is 1. The summed E-state index contributed by atoms with van der Waals surface area (Å²) in [7, 11) is 0. The van der Waals surface area contributed by atoms with E-state index in [-0.39, 0.29) is 5.91 Å². The van der Waals surface area contributed by atoms with Crippen molar-refractivity contribution in [3.8, 4) is 5.75 Å². The first kappa shape index (κ1) is 16.0. The molecule has 1 N–H and O–H groups in total. The maximum Gasteiger partial charge on any atom is 0.261 e. The van der Waals surface area contributed by atoms with Gasteiger partial charge in [-0.15, -0.1) is 0 Å². The van der Waals surface area contributed by atoms with E-state index in [1.54, 1.807) is 13.1 Å². The number of rotatable bonds is 6. The van der Waals surface area contributed by atoms with Crippen LogP contribution in [0.2, 0.25) is 0 Å². The van der Waals surface area contributed by atoms with Crippen LogP contribution < -0.4 is 10.1 Å². The zero-order valence-electron chi connectivity index (χ0n) is 13.2. The Morgan fingerprint density at radius 2 is 1.86 bits per heavy atom. The Bertz CT molecular complexity index is 594. The van der Waals surface area contributed by atoms with Crippen LogP contribution in [0.3, 0.4) is 0 Å². The van der Waals surface area contributed by atoms with Crippen molar-refractivity contribution in [3.05, 3.63) is 59.9 Å². The summed E-state index contributed by atoms with van der Waals surface area (Å²) in [6, 6.07) is 13.5. The monoisotopic (exact) mass is 298 g/mol. The zero-order valence-corrected chi connectivity index (χ0v) is 13.2. The molecule has 2 rings (SSSR count). The number of ether oxygens (including phenoxy) is 1. The van der Waals surface area contributed by atoms with Crippen LogP contribution in [0.1, 0.15) is 37.9 Å². The van der Waals surface area contributed by atoms with Crippen molar-refractivity contribution in [2.75, 3.05) is 0 Å². The van der Waals surface area contributed by atoms with Gasteiger partial charge >= 0.3 is 0 Å². The highest BCUT2D eigenvalue weighted by Crippen LogP contribution is 2.19. The molecular weight excluding hydrogens is 276 g/mol. The number of nitrogens with zero attached hydrogens (tertiary/aromatic N) is 1. The number of amides is 1.